The smallest absolute Gasteiger partial charge is 0.124 e. The highest BCUT2D eigenvalue weighted by Crippen LogP contribution is 2.25. The molecule has 0 aliphatic carbocycles. The minimum absolute atomic E-state index is 0.205. The topological polar surface area (TPSA) is 43.8 Å². The summed E-state index contributed by atoms with van der Waals surface area (Å²) in [6.07, 6.45) is 0. The van der Waals surface area contributed by atoms with Crippen LogP contribution in [-0.2, 0) is 0 Å². The quantitative estimate of drug-likeness (QED) is 0.739. The summed E-state index contributed by atoms with van der Waals surface area (Å²) in [5.41, 5.74) is 8.60. The Morgan fingerprint density at radius 2 is 1.73 bits per heavy atom. The van der Waals surface area contributed by atoms with E-state index in [1.807, 2.05) is 12.1 Å². The third-order valence-corrected chi connectivity index (χ3v) is 3.63. The van der Waals surface area contributed by atoms with Crippen molar-refractivity contribution in [2.45, 2.75) is 0 Å². The predicted molar refractivity (Wildman–Crippen MR) is 89.9 cm³/mol. The summed E-state index contributed by atoms with van der Waals surface area (Å²) in [5, 5.41) is 5.05. The van der Waals surface area contributed by atoms with Crippen molar-refractivity contribution in [1.82, 2.24) is 9.78 Å². The van der Waals surface area contributed by atoms with Crippen molar-refractivity contribution in [2.24, 2.45) is 5.73 Å². The highest BCUT2D eigenvalue weighted by Gasteiger charge is 2.13. The van der Waals surface area contributed by atoms with Crippen LogP contribution >= 0.6 is 23.8 Å². The van der Waals surface area contributed by atoms with E-state index in [1.165, 1.54) is 12.1 Å². The zero-order chi connectivity index (χ0) is 15.7. The van der Waals surface area contributed by atoms with Gasteiger partial charge in [0.2, 0.25) is 0 Å². The Morgan fingerprint density at radius 3 is 2.32 bits per heavy atom. The second-order valence-corrected chi connectivity index (χ2v) is 5.55. The highest BCUT2D eigenvalue weighted by atomic mass is 35.5. The number of thiocarbonyl (C=S) groups is 1. The second-order valence-electron chi connectivity index (χ2n) is 4.67. The lowest BCUT2D eigenvalue weighted by Crippen LogP contribution is -2.10. The molecule has 0 saturated carbocycles. The van der Waals surface area contributed by atoms with Gasteiger partial charge in [0.1, 0.15) is 16.5 Å². The molecule has 1 heterocycles. The predicted octanol–water partition coefficient (Wildman–Crippen LogP) is 3.97. The van der Waals surface area contributed by atoms with Crippen LogP contribution in [-0.4, -0.2) is 14.8 Å². The Bertz CT molecular complexity index is 763. The molecule has 3 nitrogen and oxygen atoms in total. The van der Waals surface area contributed by atoms with Gasteiger partial charge in [-0.2, -0.15) is 5.10 Å². The van der Waals surface area contributed by atoms with Crippen LogP contribution in [0.3, 0.4) is 0 Å². The van der Waals surface area contributed by atoms with Gasteiger partial charge in [0, 0.05) is 10.6 Å². The van der Waals surface area contributed by atoms with E-state index in [2.05, 4.69) is 5.10 Å². The molecule has 2 aromatic carbocycles. The number of benzene rings is 2. The molecule has 0 saturated heterocycles. The van der Waals surface area contributed by atoms with E-state index >= 15 is 0 Å². The van der Waals surface area contributed by atoms with Gasteiger partial charge in [0.05, 0.1) is 11.4 Å². The van der Waals surface area contributed by atoms with Crippen molar-refractivity contribution < 1.29 is 4.39 Å². The van der Waals surface area contributed by atoms with Crippen LogP contribution in [0.15, 0.2) is 54.6 Å². The van der Waals surface area contributed by atoms with Crippen molar-refractivity contribution in [3.63, 3.8) is 0 Å². The molecule has 22 heavy (non-hydrogen) atoms. The van der Waals surface area contributed by atoms with E-state index in [4.69, 9.17) is 29.6 Å². The van der Waals surface area contributed by atoms with Gasteiger partial charge in [-0.05, 0) is 42.5 Å². The molecule has 3 aromatic rings. The Morgan fingerprint density at radius 1 is 1.09 bits per heavy atom. The van der Waals surface area contributed by atoms with Crippen molar-refractivity contribution in [1.29, 1.82) is 0 Å². The van der Waals surface area contributed by atoms with Gasteiger partial charge in [0.25, 0.3) is 0 Å². The van der Waals surface area contributed by atoms with E-state index in [0.29, 0.717) is 16.4 Å². The maximum Gasteiger partial charge on any atom is 0.124 e. The average Bonchev–Trinajstić information content (AvgIpc) is 2.94. The first-order chi connectivity index (χ1) is 10.5. The average molecular weight is 332 g/mol. The molecule has 0 radical (unpaired) electrons. The van der Waals surface area contributed by atoms with Crippen molar-refractivity contribution in [3.8, 4) is 16.9 Å². The molecule has 2 N–H and O–H groups in total. The molecule has 0 amide bonds. The summed E-state index contributed by atoms with van der Waals surface area (Å²) in [5.74, 6) is -0.307. The first-order valence-corrected chi connectivity index (χ1v) is 7.25. The lowest BCUT2D eigenvalue weighted by atomic mass is 10.1. The minimum atomic E-state index is -0.307. The van der Waals surface area contributed by atoms with E-state index in [9.17, 15) is 4.39 Å². The summed E-state index contributed by atoms with van der Waals surface area (Å²) >= 11 is 10.9. The minimum Gasteiger partial charge on any atom is -0.388 e. The van der Waals surface area contributed by atoms with Gasteiger partial charge in [-0.15, -0.1) is 0 Å². The van der Waals surface area contributed by atoms with Crippen molar-refractivity contribution in [3.05, 3.63) is 71.1 Å². The van der Waals surface area contributed by atoms with Gasteiger partial charge in [0.15, 0.2) is 0 Å². The van der Waals surface area contributed by atoms with Crippen LogP contribution in [0.1, 0.15) is 5.69 Å². The first kappa shape index (κ1) is 14.7. The molecule has 3 rings (SSSR count). The molecule has 0 fully saturated rings. The summed E-state index contributed by atoms with van der Waals surface area (Å²) in [6, 6.07) is 15.2. The van der Waals surface area contributed by atoms with Crippen LogP contribution < -0.4 is 5.73 Å². The molecule has 110 valence electrons. The van der Waals surface area contributed by atoms with Crippen LogP contribution in [0.25, 0.3) is 16.9 Å². The zero-order valence-electron chi connectivity index (χ0n) is 11.3. The Kier molecular flexibility index (Phi) is 3.92. The Balaban J connectivity index is 2.17. The number of nitrogens with zero attached hydrogens (tertiary/aromatic N) is 2. The first-order valence-electron chi connectivity index (χ1n) is 6.46. The fourth-order valence-corrected chi connectivity index (χ4v) is 2.33. The standard InChI is InChI=1S/C16H11ClFN3S/c17-11-3-1-10(2-4-11)15-9-14(16(19)22)20-21(15)13-7-5-12(18)6-8-13/h1-9H,(H2,19,22). The number of hydrogen-bond donors (Lipinski definition) is 1. The molecule has 0 aliphatic rings. The number of halogens is 2. The van der Waals surface area contributed by atoms with E-state index < -0.39 is 0 Å². The SMILES string of the molecule is NC(=S)c1cc(-c2ccc(Cl)cc2)n(-c2ccc(F)cc2)n1. The van der Waals surface area contributed by atoms with Crippen LogP contribution in [0, 0.1) is 5.82 Å². The van der Waals surface area contributed by atoms with Crippen LogP contribution in [0.4, 0.5) is 4.39 Å². The third kappa shape index (κ3) is 2.86. The maximum absolute atomic E-state index is 13.1. The summed E-state index contributed by atoms with van der Waals surface area (Å²) < 4.78 is 14.8. The Hall–Kier alpha value is -2.24. The molecule has 0 aliphatic heterocycles. The molecule has 0 bridgehead atoms. The second kappa shape index (κ2) is 5.87. The van der Waals surface area contributed by atoms with Crippen molar-refractivity contribution in [2.75, 3.05) is 0 Å². The number of nitrogens with two attached hydrogens (primary N) is 1. The highest BCUT2D eigenvalue weighted by molar-refractivity contribution is 7.80. The molecule has 1 aromatic heterocycles. The molecular formula is C16H11ClFN3S. The zero-order valence-corrected chi connectivity index (χ0v) is 12.9. The van der Waals surface area contributed by atoms with Gasteiger partial charge in [-0.1, -0.05) is 36.0 Å². The summed E-state index contributed by atoms with van der Waals surface area (Å²) in [7, 11) is 0. The van der Waals surface area contributed by atoms with Gasteiger partial charge in [-0.25, -0.2) is 9.07 Å². The fourth-order valence-electron chi connectivity index (χ4n) is 2.11. The number of rotatable bonds is 3. The number of hydrogen-bond acceptors (Lipinski definition) is 2. The van der Waals surface area contributed by atoms with Gasteiger partial charge >= 0.3 is 0 Å². The van der Waals surface area contributed by atoms with Crippen LogP contribution in [0.5, 0.6) is 0 Å². The Labute approximate surface area is 137 Å². The lowest BCUT2D eigenvalue weighted by Gasteiger charge is -2.07. The molecule has 0 spiro atoms. The van der Waals surface area contributed by atoms with Crippen LogP contribution in [0.2, 0.25) is 5.02 Å². The molecular weight excluding hydrogens is 321 g/mol. The van der Waals surface area contributed by atoms with Gasteiger partial charge in [-0.3, -0.25) is 0 Å². The lowest BCUT2D eigenvalue weighted by molar-refractivity contribution is 0.627. The van der Waals surface area contributed by atoms with E-state index in [-0.39, 0.29) is 10.8 Å². The van der Waals surface area contributed by atoms with E-state index in [0.717, 1.165) is 11.3 Å². The van der Waals surface area contributed by atoms with Gasteiger partial charge < -0.3 is 5.73 Å². The molecule has 6 heteroatoms. The fraction of sp³-hybridized carbons (Fsp3) is 0. The maximum atomic E-state index is 13.1. The summed E-state index contributed by atoms with van der Waals surface area (Å²) in [6.45, 7) is 0. The monoisotopic (exact) mass is 331 g/mol. The van der Waals surface area contributed by atoms with E-state index in [1.54, 1.807) is 35.0 Å². The number of aromatic nitrogens is 2. The normalized spacial score (nSPS) is 10.6. The largest absolute Gasteiger partial charge is 0.388 e. The van der Waals surface area contributed by atoms with Crippen molar-refractivity contribution >= 4 is 28.8 Å². The third-order valence-electron chi connectivity index (χ3n) is 3.17. The summed E-state index contributed by atoms with van der Waals surface area (Å²) in [4.78, 5) is 0.205. The molecule has 0 unspecified atom stereocenters. The molecule has 0 atom stereocenters.